The molecule has 26 heavy (non-hydrogen) atoms. The van der Waals surface area contributed by atoms with Gasteiger partial charge in [-0.15, -0.1) is 0 Å². The largest absolute Gasteiger partial charge is 0.357 e. The Morgan fingerprint density at radius 2 is 2.35 bits per heavy atom. The Bertz CT molecular complexity index is 743. The third-order valence-corrected chi connectivity index (χ3v) is 4.34. The van der Waals surface area contributed by atoms with Crippen LogP contribution in [-0.4, -0.2) is 52.9 Å². The number of nitrogens with zero attached hydrogens (tertiary/aromatic N) is 5. The van der Waals surface area contributed by atoms with Crippen molar-refractivity contribution in [3.8, 4) is 0 Å². The first-order valence-corrected chi connectivity index (χ1v) is 9.03. The third kappa shape index (κ3) is 4.71. The zero-order valence-corrected chi connectivity index (χ0v) is 15.3. The number of hydrogen-bond acceptors (Lipinski definition) is 4. The molecule has 0 spiro atoms. The van der Waals surface area contributed by atoms with E-state index in [1.54, 1.807) is 16.9 Å². The van der Waals surface area contributed by atoms with E-state index >= 15 is 0 Å². The van der Waals surface area contributed by atoms with Gasteiger partial charge in [0.1, 0.15) is 0 Å². The molecular formula is C18H26FN7. The number of anilines is 1. The SMILES string of the molecule is CCNC(=NCCc1cnn(C)c1)NC1CCN(c2ncccc2F)C1. The number of halogens is 1. The van der Waals surface area contributed by atoms with Crippen LogP contribution in [0.5, 0.6) is 0 Å². The fourth-order valence-corrected chi connectivity index (χ4v) is 3.09. The second-order valence-corrected chi connectivity index (χ2v) is 6.42. The van der Waals surface area contributed by atoms with Crippen LogP contribution in [0, 0.1) is 5.82 Å². The number of aliphatic imine (C=N–C) groups is 1. The van der Waals surface area contributed by atoms with E-state index < -0.39 is 0 Å². The lowest BCUT2D eigenvalue weighted by molar-refractivity contribution is 0.612. The number of guanidine groups is 1. The summed E-state index contributed by atoms with van der Waals surface area (Å²) in [5.41, 5.74) is 1.17. The smallest absolute Gasteiger partial charge is 0.191 e. The minimum atomic E-state index is -0.273. The number of pyridine rings is 1. The molecule has 0 aliphatic carbocycles. The van der Waals surface area contributed by atoms with Crippen molar-refractivity contribution in [3.63, 3.8) is 0 Å². The van der Waals surface area contributed by atoms with Gasteiger partial charge in [-0.05, 0) is 37.5 Å². The fourth-order valence-electron chi connectivity index (χ4n) is 3.09. The van der Waals surface area contributed by atoms with Gasteiger partial charge >= 0.3 is 0 Å². The molecule has 0 aromatic carbocycles. The van der Waals surface area contributed by atoms with Gasteiger partial charge < -0.3 is 15.5 Å². The van der Waals surface area contributed by atoms with Crippen LogP contribution in [0.2, 0.25) is 0 Å². The Labute approximate surface area is 153 Å². The molecule has 2 aromatic heterocycles. The predicted molar refractivity (Wildman–Crippen MR) is 101 cm³/mol. The van der Waals surface area contributed by atoms with Crippen molar-refractivity contribution < 1.29 is 4.39 Å². The summed E-state index contributed by atoms with van der Waals surface area (Å²) in [6, 6.07) is 3.28. The summed E-state index contributed by atoms with van der Waals surface area (Å²) >= 11 is 0. The highest BCUT2D eigenvalue weighted by Gasteiger charge is 2.25. The zero-order chi connectivity index (χ0) is 18.4. The lowest BCUT2D eigenvalue weighted by atomic mass is 10.2. The molecule has 1 saturated heterocycles. The summed E-state index contributed by atoms with van der Waals surface area (Å²) < 4.78 is 15.7. The van der Waals surface area contributed by atoms with E-state index in [9.17, 15) is 4.39 Å². The van der Waals surface area contributed by atoms with Gasteiger partial charge in [-0.3, -0.25) is 9.67 Å². The van der Waals surface area contributed by atoms with E-state index in [0.717, 1.165) is 31.9 Å². The van der Waals surface area contributed by atoms with Gasteiger partial charge in [0.25, 0.3) is 0 Å². The summed E-state index contributed by atoms with van der Waals surface area (Å²) in [6.45, 7) is 5.01. The summed E-state index contributed by atoms with van der Waals surface area (Å²) in [6.07, 6.45) is 7.27. The summed E-state index contributed by atoms with van der Waals surface area (Å²) in [4.78, 5) is 10.8. The maximum Gasteiger partial charge on any atom is 0.191 e. The Morgan fingerprint density at radius 1 is 1.46 bits per heavy atom. The molecule has 0 bridgehead atoms. The van der Waals surface area contributed by atoms with Crippen molar-refractivity contribution in [3.05, 3.63) is 42.1 Å². The highest BCUT2D eigenvalue weighted by atomic mass is 19.1. The topological polar surface area (TPSA) is 70.4 Å². The quantitative estimate of drug-likeness (QED) is 0.602. The van der Waals surface area contributed by atoms with E-state index in [4.69, 9.17) is 0 Å². The van der Waals surface area contributed by atoms with E-state index in [2.05, 4.69) is 25.7 Å². The number of aromatic nitrogens is 3. The molecule has 0 saturated carbocycles. The monoisotopic (exact) mass is 359 g/mol. The number of rotatable bonds is 6. The van der Waals surface area contributed by atoms with Gasteiger partial charge in [-0.1, -0.05) is 0 Å². The zero-order valence-electron chi connectivity index (χ0n) is 15.3. The molecule has 1 aliphatic rings. The van der Waals surface area contributed by atoms with Crippen molar-refractivity contribution in [2.45, 2.75) is 25.8 Å². The van der Waals surface area contributed by atoms with Crippen molar-refractivity contribution in [2.24, 2.45) is 12.0 Å². The summed E-state index contributed by atoms with van der Waals surface area (Å²) in [5, 5.41) is 10.9. The lowest BCUT2D eigenvalue weighted by Crippen LogP contribution is -2.44. The van der Waals surface area contributed by atoms with E-state index in [0.29, 0.717) is 18.9 Å². The van der Waals surface area contributed by atoms with Gasteiger partial charge in [0.15, 0.2) is 17.6 Å². The van der Waals surface area contributed by atoms with Crippen LogP contribution in [0.1, 0.15) is 18.9 Å². The third-order valence-electron chi connectivity index (χ3n) is 4.34. The van der Waals surface area contributed by atoms with E-state index in [-0.39, 0.29) is 11.9 Å². The van der Waals surface area contributed by atoms with Gasteiger partial charge in [-0.25, -0.2) is 9.37 Å². The van der Waals surface area contributed by atoms with E-state index in [1.807, 2.05) is 31.3 Å². The van der Waals surface area contributed by atoms with Crippen LogP contribution in [0.4, 0.5) is 10.2 Å². The average Bonchev–Trinajstić information content (AvgIpc) is 3.25. The molecule has 1 fully saturated rings. The molecule has 1 aliphatic heterocycles. The molecular weight excluding hydrogens is 333 g/mol. The molecule has 8 heteroatoms. The molecule has 3 heterocycles. The molecule has 140 valence electrons. The van der Waals surface area contributed by atoms with E-state index in [1.165, 1.54) is 11.6 Å². The van der Waals surface area contributed by atoms with Crippen LogP contribution in [0.15, 0.2) is 35.7 Å². The molecule has 2 aromatic rings. The maximum absolute atomic E-state index is 13.9. The second-order valence-electron chi connectivity index (χ2n) is 6.42. The fraction of sp³-hybridized carbons (Fsp3) is 0.500. The first kappa shape index (κ1) is 18.2. The first-order chi connectivity index (χ1) is 12.7. The molecule has 7 nitrogen and oxygen atoms in total. The summed E-state index contributed by atoms with van der Waals surface area (Å²) in [5.74, 6) is 0.949. The van der Waals surface area contributed by atoms with Crippen LogP contribution < -0.4 is 15.5 Å². The van der Waals surface area contributed by atoms with Crippen molar-refractivity contribution >= 4 is 11.8 Å². The number of hydrogen-bond donors (Lipinski definition) is 2. The average molecular weight is 359 g/mol. The normalized spacial score (nSPS) is 17.6. The summed E-state index contributed by atoms with van der Waals surface area (Å²) in [7, 11) is 1.91. The highest BCUT2D eigenvalue weighted by molar-refractivity contribution is 5.80. The van der Waals surface area contributed by atoms with Crippen molar-refractivity contribution in [2.75, 3.05) is 31.1 Å². The molecule has 0 radical (unpaired) electrons. The Morgan fingerprint density at radius 3 is 3.08 bits per heavy atom. The highest BCUT2D eigenvalue weighted by Crippen LogP contribution is 2.20. The Hall–Kier alpha value is -2.64. The molecule has 3 rings (SSSR count). The molecule has 2 N–H and O–H groups in total. The first-order valence-electron chi connectivity index (χ1n) is 9.03. The maximum atomic E-state index is 13.9. The number of nitrogens with one attached hydrogen (secondary N) is 2. The lowest BCUT2D eigenvalue weighted by Gasteiger charge is -2.19. The van der Waals surface area contributed by atoms with Crippen molar-refractivity contribution in [1.82, 2.24) is 25.4 Å². The predicted octanol–water partition coefficient (Wildman–Crippen LogP) is 1.33. The van der Waals surface area contributed by atoms with Crippen LogP contribution in [0.3, 0.4) is 0 Å². The van der Waals surface area contributed by atoms with Crippen LogP contribution in [-0.2, 0) is 13.5 Å². The minimum Gasteiger partial charge on any atom is -0.357 e. The van der Waals surface area contributed by atoms with Crippen molar-refractivity contribution in [1.29, 1.82) is 0 Å². The molecule has 0 amide bonds. The van der Waals surface area contributed by atoms with Gasteiger partial charge in [0.2, 0.25) is 0 Å². The van der Waals surface area contributed by atoms with Gasteiger partial charge in [0.05, 0.1) is 6.20 Å². The second kappa shape index (κ2) is 8.64. The Balaban J connectivity index is 1.54. The minimum absolute atomic E-state index is 0.215. The standard InChI is InChI=1S/C18H26FN7/c1-3-20-18(22-9-6-14-11-23-25(2)12-14)24-15-7-10-26(13-15)17-16(19)5-4-8-21-17/h4-5,8,11-12,15H,3,6-7,9-10,13H2,1-2H3,(H2,20,22,24). The molecule has 1 atom stereocenters. The van der Waals surface area contributed by atoms with Gasteiger partial charge in [0, 0.05) is 51.7 Å². The Kier molecular flexibility index (Phi) is 6.04. The van der Waals surface area contributed by atoms with Crippen LogP contribution in [0.25, 0.3) is 0 Å². The van der Waals surface area contributed by atoms with Crippen LogP contribution >= 0.6 is 0 Å². The molecule has 1 unspecified atom stereocenters. The van der Waals surface area contributed by atoms with Gasteiger partial charge in [-0.2, -0.15) is 5.10 Å². The number of aryl methyl sites for hydroxylation is 1.